The highest BCUT2D eigenvalue weighted by atomic mass is 35.5. The number of piperazine rings is 1. The molecular weight excluding hydrogens is 366 g/mol. The molecule has 1 aromatic carbocycles. The maximum Gasteiger partial charge on any atom is 0.242 e. The SMILES string of the molecule is Cc1cc2n(n1)CCC(=O)N2CC(=O)N1CCN(c2ccc(Cl)cc2)CC1. The van der Waals surface area contributed by atoms with E-state index < -0.39 is 0 Å². The van der Waals surface area contributed by atoms with Crippen molar-refractivity contribution in [2.45, 2.75) is 19.9 Å². The molecule has 2 aromatic rings. The minimum atomic E-state index is -0.0218. The highest BCUT2D eigenvalue weighted by Crippen LogP contribution is 2.23. The molecule has 1 saturated heterocycles. The topological polar surface area (TPSA) is 61.7 Å². The molecular formula is C19H22ClN5O2. The minimum absolute atomic E-state index is 0.0180. The Morgan fingerprint density at radius 2 is 1.81 bits per heavy atom. The molecule has 27 heavy (non-hydrogen) atoms. The largest absolute Gasteiger partial charge is 0.368 e. The lowest BCUT2D eigenvalue weighted by Crippen LogP contribution is -2.52. The lowest BCUT2D eigenvalue weighted by molar-refractivity contribution is -0.132. The second kappa shape index (κ2) is 7.23. The third-order valence-electron chi connectivity index (χ3n) is 5.11. The van der Waals surface area contributed by atoms with Gasteiger partial charge in [0.05, 0.1) is 12.2 Å². The Bertz CT molecular complexity index is 855. The quantitative estimate of drug-likeness (QED) is 0.807. The van der Waals surface area contributed by atoms with Crippen molar-refractivity contribution in [1.82, 2.24) is 14.7 Å². The number of aryl methyl sites for hydroxylation is 2. The molecule has 0 unspecified atom stereocenters. The Morgan fingerprint density at radius 1 is 1.11 bits per heavy atom. The molecule has 0 N–H and O–H groups in total. The highest BCUT2D eigenvalue weighted by molar-refractivity contribution is 6.30. The average Bonchev–Trinajstić information content (AvgIpc) is 3.05. The Labute approximate surface area is 163 Å². The summed E-state index contributed by atoms with van der Waals surface area (Å²) in [4.78, 5) is 30.8. The molecule has 0 radical (unpaired) electrons. The zero-order valence-electron chi connectivity index (χ0n) is 15.3. The summed E-state index contributed by atoms with van der Waals surface area (Å²) < 4.78 is 1.81. The molecule has 2 aliphatic rings. The maximum atomic E-state index is 12.8. The van der Waals surface area contributed by atoms with Crippen molar-refractivity contribution in [2.75, 3.05) is 42.5 Å². The van der Waals surface area contributed by atoms with E-state index in [2.05, 4.69) is 10.00 Å². The van der Waals surface area contributed by atoms with Gasteiger partial charge in [-0.2, -0.15) is 5.10 Å². The summed E-state index contributed by atoms with van der Waals surface area (Å²) in [7, 11) is 0. The van der Waals surface area contributed by atoms with E-state index in [1.165, 1.54) is 0 Å². The highest BCUT2D eigenvalue weighted by Gasteiger charge is 2.30. The van der Waals surface area contributed by atoms with Gasteiger partial charge in [0, 0.05) is 49.4 Å². The van der Waals surface area contributed by atoms with E-state index in [-0.39, 0.29) is 18.4 Å². The number of amides is 2. The predicted molar refractivity (Wildman–Crippen MR) is 104 cm³/mol. The maximum absolute atomic E-state index is 12.8. The lowest BCUT2D eigenvalue weighted by atomic mass is 10.2. The van der Waals surface area contributed by atoms with Gasteiger partial charge >= 0.3 is 0 Å². The zero-order chi connectivity index (χ0) is 19.0. The molecule has 2 amide bonds. The van der Waals surface area contributed by atoms with Crippen LogP contribution in [-0.4, -0.2) is 59.2 Å². The Balaban J connectivity index is 1.38. The van der Waals surface area contributed by atoms with E-state index in [0.29, 0.717) is 31.1 Å². The molecule has 0 aliphatic carbocycles. The fourth-order valence-electron chi connectivity index (χ4n) is 3.65. The summed E-state index contributed by atoms with van der Waals surface area (Å²) in [6.45, 7) is 5.35. The van der Waals surface area contributed by atoms with E-state index in [4.69, 9.17) is 11.6 Å². The third kappa shape index (κ3) is 3.64. The van der Waals surface area contributed by atoms with Crippen LogP contribution in [0.15, 0.2) is 30.3 Å². The van der Waals surface area contributed by atoms with Crippen LogP contribution in [-0.2, 0) is 16.1 Å². The number of nitrogens with zero attached hydrogens (tertiary/aromatic N) is 5. The second-order valence-electron chi connectivity index (χ2n) is 6.94. The zero-order valence-corrected chi connectivity index (χ0v) is 16.0. The van der Waals surface area contributed by atoms with Gasteiger partial charge in [0.25, 0.3) is 0 Å². The van der Waals surface area contributed by atoms with Crippen LogP contribution in [0, 0.1) is 6.92 Å². The van der Waals surface area contributed by atoms with E-state index in [9.17, 15) is 9.59 Å². The van der Waals surface area contributed by atoms with Crippen LogP contribution >= 0.6 is 11.6 Å². The average molecular weight is 388 g/mol. The van der Waals surface area contributed by atoms with Crippen LogP contribution in [0.2, 0.25) is 5.02 Å². The molecule has 3 heterocycles. The number of carbonyl (C=O) groups is 2. The van der Waals surface area contributed by atoms with E-state index in [1.807, 2.05) is 46.8 Å². The van der Waals surface area contributed by atoms with Gasteiger partial charge in [-0.05, 0) is 31.2 Å². The molecule has 0 spiro atoms. The van der Waals surface area contributed by atoms with E-state index in [0.717, 1.165) is 30.3 Å². The standard InChI is InChI=1S/C19H22ClN5O2/c1-14-12-17-24(18(26)6-7-25(17)21-14)13-19(27)23-10-8-22(9-11-23)16-4-2-15(20)3-5-16/h2-5,12H,6-11,13H2,1H3. The summed E-state index contributed by atoms with van der Waals surface area (Å²) in [5.41, 5.74) is 1.96. The molecule has 0 atom stereocenters. The first-order chi connectivity index (χ1) is 13.0. The molecule has 1 aromatic heterocycles. The number of anilines is 2. The number of benzene rings is 1. The number of carbonyl (C=O) groups excluding carboxylic acids is 2. The fourth-order valence-corrected chi connectivity index (χ4v) is 3.77. The Hall–Kier alpha value is -2.54. The smallest absolute Gasteiger partial charge is 0.242 e. The molecule has 142 valence electrons. The van der Waals surface area contributed by atoms with Crippen molar-refractivity contribution in [3.63, 3.8) is 0 Å². The molecule has 0 saturated carbocycles. The van der Waals surface area contributed by atoms with Gasteiger partial charge in [0.15, 0.2) is 0 Å². The van der Waals surface area contributed by atoms with Gasteiger partial charge in [0.1, 0.15) is 12.4 Å². The van der Waals surface area contributed by atoms with Crippen molar-refractivity contribution in [2.24, 2.45) is 0 Å². The molecule has 0 bridgehead atoms. The first kappa shape index (κ1) is 17.9. The molecule has 4 rings (SSSR count). The lowest BCUT2D eigenvalue weighted by Gasteiger charge is -2.37. The van der Waals surface area contributed by atoms with E-state index >= 15 is 0 Å². The third-order valence-corrected chi connectivity index (χ3v) is 5.37. The number of aromatic nitrogens is 2. The normalized spacial score (nSPS) is 17.3. The molecule has 8 heteroatoms. The summed E-state index contributed by atoms with van der Waals surface area (Å²) in [6, 6.07) is 9.61. The number of fused-ring (bicyclic) bond motifs is 1. The van der Waals surface area contributed by atoms with Gasteiger partial charge in [0.2, 0.25) is 11.8 Å². The van der Waals surface area contributed by atoms with Crippen molar-refractivity contribution in [1.29, 1.82) is 0 Å². The summed E-state index contributed by atoms with van der Waals surface area (Å²) in [6.07, 6.45) is 0.381. The Morgan fingerprint density at radius 3 is 2.52 bits per heavy atom. The van der Waals surface area contributed by atoms with Crippen LogP contribution in [0.5, 0.6) is 0 Å². The molecule has 2 aliphatic heterocycles. The van der Waals surface area contributed by atoms with Crippen LogP contribution in [0.3, 0.4) is 0 Å². The van der Waals surface area contributed by atoms with Crippen molar-refractivity contribution >= 4 is 34.9 Å². The van der Waals surface area contributed by atoms with Gasteiger partial charge in [-0.25, -0.2) is 4.68 Å². The number of hydrogen-bond acceptors (Lipinski definition) is 4. The van der Waals surface area contributed by atoms with Crippen LogP contribution in [0.4, 0.5) is 11.5 Å². The Kier molecular flexibility index (Phi) is 4.78. The van der Waals surface area contributed by atoms with Crippen molar-refractivity contribution in [3.05, 3.63) is 41.0 Å². The number of rotatable bonds is 3. The van der Waals surface area contributed by atoms with Gasteiger partial charge < -0.3 is 9.80 Å². The second-order valence-corrected chi connectivity index (χ2v) is 7.38. The molecule has 7 nitrogen and oxygen atoms in total. The van der Waals surface area contributed by atoms with Crippen molar-refractivity contribution < 1.29 is 9.59 Å². The van der Waals surface area contributed by atoms with Crippen molar-refractivity contribution in [3.8, 4) is 0 Å². The van der Waals surface area contributed by atoms with Gasteiger partial charge in [-0.15, -0.1) is 0 Å². The summed E-state index contributed by atoms with van der Waals surface area (Å²) >= 11 is 5.95. The summed E-state index contributed by atoms with van der Waals surface area (Å²) in [5, 5.41) is 5.10. The van der Waals surface area contributed by atoms with Crippen LogP contribution in [0.25, 0.3) is 0 Å². The van der Waals surface area contributed by atoms with Gasteiger partial charge in [-0.3, -0.25) is 14.5 Å². The predicted octanol–water partition coefficient (Wildman–Crippen LogP) is 1.93. The van der Waals surface area contributed by atoms with Gasteiger partial charge in [-0.1, -0.05) is 11.6 Å². The number of halogens is 1. The van der Waals surface area contributed by atoms with Crippen LogP contribution in [0.1, 0.15) is 12.1 Å². The monoisotopic (exact) mass is 387 g/mol. The first-order valence-electron chi connectivity index (χ1n) is 9.14. The first-order valence-corrected chi connectivity index (χ1v) is 9.52. The number of hydrogen-bond donors (Lipinski definition) is 0. The molecule has 1 fully saturated rings. The minimum Gasteiger partial charge on any atom is -0.368 e. The van der Waals surface area contributed by atoms with Crippen LogP contribution < -0.4 is 9.80 Å². The van der Waals surface area contributed by atoms with E-state index in [1.54, 1.807) is 4.90 Å². The summed E-state index contributed by atoms with van der Waals surface area (Å²) in [5.74, 6) is 0.679. The fraction of sp³-hybridized carbons (Fsp3) is 0.421.